The van der Waals surface area contributed by atoms with E-state index < -0.39 is 11.9 Å². The molecule has 0 heterocycles. The fourth-order valence-corrected chi connectivity index (χ4v) is 0.763. The van der Waals surface area contributed by atoms with Crippen molar-refractivity contribution in [1.29, 1.82) is 0 Å². The molecule has 0 aromatic rings. The second kappa shape index (κ2) is 8.67. The summed E-state index contributed by atoms with van der Waals surface area (Å²) >= 11 is 0. The SMILES string of the molecule is C=C(CC(=O)OCCOCC=CC)C(=O)O. The number of hydrogen-bond acceptors (Lipinski definition) is 4. The maximum atomic E-state index is 11.0. The summed E-state index contributed by atoms with van der Waals surface area (Å²) < 4.78 is 9.80. The summed E-state index contributed by atoms with van der Waals surface area (Å²) in [5.41, 5.74) is -0.181. The molecule has 0 bridgehead atoms. The van der Waals surface area contributed by atoms with E-state index in [0.717, 1.165) is 0 Å². The van der Waals surface area contributed by atoms with Crippen LogP contribution in [0.4, 0.5) is 0 Å². The number of allylic oxidation sites excluding steroid dienone is 1. The highest BCUT2D eigenvalue weighted by molar-refractivity contribution is 5.91. The Balaban J connectivity index is 3.51. The highest BCUT2D eigenvalue weighted by atomic mass is 16.6. The highest BCUT2D eigenvalue weighted by Gasteiger charge is 2.10. The predicted octanol–water partition coefficient (Wildman–Crippen LogP) is 1.15. The molecule has 1 N–H and O–H groups in total. The van der Waals surface area contributed by atoms with Crippen LogP contribution in [0.1, 0.15) is 13.3 Å². The molecular weight excluding hydrogens is 212 g/mol. The molecule has 16 heavy (non-hydrogen) atoms. The lowest BCUT2D eigenvalue weighted by atomic mass is 10.2. The van der Waals surface area contributed by atoms with Crippen molar-refractivity contribution in [3.63, 3.8) is 0 Å². The van der Waals surface area contributed by atoms with Crippen LogP contribution in [0.3, 0.4) is 0 Å². The molecule has 0 rings (SSSR count). The van der Waals surface area contributed by atoms with E-state index in [9.17, 15) is 9.59 Å². The van der Waals surface area contributed by atoms with E-state index in [4.69, 9.17) is 14.6 Å². The summed E-state index contributed by atoms with van der Waals surface area (Å²) in [7, 11) is 0. The second-order valence-electron chi connectivity index (χ2n) is 2.95. The van der Waals surface area contributed by atoms with Gasteiger partial charge in [-0.2, -0.15) is 0 Å². The first-order valence-electron chi connectivity index (χ1n) is 4.83. The number of carboxylic acids is 1. The van der Waals surface area contributed by atoms with Gasteiger partial charge in [0.15, 0.2) is 0 Å². The minimum atomic E-state index is -1.19. The molecule has 0 aliphatic heterocycles. The number of hydrogen-bond donors (Lipinski definition) is 1. The number of carboxylic acid groups (broad SMARTS) is 1. The number of ether oxygens (including phenoxy) is 2. The fourth-order valence-electron chi connectivity index (χ4n) is 0.763. The Morgan fingerprint density at radius 1 is 1.38 bits per heavy atom. The molecule has 0 aromatic carbocycles. The maximum absolute atomic E-state index is 11.0. The minimum Gasteiger partial charge on any atom is -0.478 e. The zero-order valence-electron chi connectivity index (χ0n) is 9.27. The third-order valence-electron chi connectivity index (χ3n) is 1.60. The van der Waals surface area contributed by atoms with E-state index in [1.165, 1.54) is 0 Å². The first kappa shape index (κ1) is 14.4. The zero-order chi connectivity index (χ0) is 12.4. The number of carbonyl (C=O) groups is 2. The van der Waals surface area contributed by atoms with E-state index in [1.54, 1.807) is 0 Å². The molecule has 0 aliphatic carbocycles. The summed E-state index contributed by atoms with van der Waals surface area (Å²) in [6.45, 7) is 5.97. The topological polar surface area (TPSA) is 72.8 Å². The van der Waals surface area contributed by atoms with Crippen molar-refractivity contribution in [2.45, 2.75) is 13.3 Å². The average molecular weight is 228 g/mol. The molecule has 0 spiro atoms. The highest BCUT2D eigenvalue weighted by Crippen LogP contribution is 1.99. The maximum Gasteiger partial charge on any atom is 0.331 e. The van der Waals surface area contributed by atoms with Gasteiger partial charge in [-0.1, -0.05) is 18.7 Å². The molecule has 0 radical (unpaired) electrons. The van der Waals surface area contributed by atoms with E-state index in [2.05, 4.69) is 6.58 Å². The van der Waals surface area contributed by atoms with Crippen LogP contribution < -0.4 is 0 Å². The fraction of sp³-hybridized carbons (Fsp3) is 0.455. The van der Waals surface area contributed by atoms with Crippen LogP contribution in [0.5, 0.6) is 0 Å². The quantitative estimate of drug-likeness (QED) is 0.292. The van der Waals surface area contributed by atoms with E-state index in [1.807, 2.05) is 19.1 Å². The van der Waals surface area contributed by atoms with Gasteiger partial charge in [-0.05, 0) is 6.92 Å². The van der Waals surface area contributed by atoms with Crippen molar-refractivity contribution in [2.75, 3.05) is 19.8 Å². The molecule has 5 heteroatoms. The predicted molar refractivity (Wildman–Crippen MR) is 58.0 cm³/mol. The van der Waals surface area contributed by atoms with Crippen molar-refractivity contribution in [3.05, 3.63) is 24.3 Å². The second-order valence-corrected chi connectivity index (χ2v) is 2.95. The van der Waals surface area contributed by atoms with Gasteiger partial charge in [0.25, 0.3) is 0 Å². The van der Waals surface area contributed by atoms with E-state index in [0.29, 0.717) is 6.61 Å². The van der Waals surface area contributed by atoms with Crippen molar-refractivity contribution < 1.29 is 24.2 Å². The van der Waals surface area contributed by atoms with Gasteiger partial charge in [0.2, 0.25) is 0 Å². The Kier molecular flexibility index (Phi) is 7.79. The minimum absolute atomic E-state index is 0.114. The van der Waals surface area contributed by atoms with Gasteiger partial charge in [0, 0.05) is 5.57 Å². The number of aliphatic carboxylic acids is 1. The van der Waals surface area contributed by atoms with Crippen molar-refractivity contribution in [1.82, 2.24) is 0 Å². The molecule has 0 aromatic heterocycles. The van der Waals surface area contributed by atoms with Crippen LogP contribution in [0.2, 0.25) is 0 Å². The van der Waals surface area contributed by atoms with Crippen molar-refractivity contribution in [2.24, 2.45) is 0 Å². The summed E-state index contributed by atoms with van der Waals surface area (Å²) in [6.07, 6.45) is 3.38. The van der Waals surface area contributed by atoms with Crippen LogP contribution in [-0.4, -0.2) is 36.9 Å². The van der Waals surface area contributed by atoms with Gasteiger partial charge in [-0.3, -0.25) is 4.79 Å². The zero-order valence-corrected chi connectivity index (χ0v) is 9.27. The van der Waals surface area contributed by atoms with Gasteiger partial charge in [-0.15, -0.1) is 0 Å². The van der Waals surface area contributed by atoms with Gasteiger partial charge in [0.05, 0.1) is 19.6 Å². The Morgan fingerprint density at radius 3 is 2.62 bits per heavy atom. The summed E-state index contributed by atoms with van der Waals surface area (Å²) in [4.78, 5) is 21.4. The summed E-state index contributed by atoms with van der Waals surface area (Å²) in [5, 5.41) is 8.46. The average Bonchev–Trinajstić information content (AvgIpc) is 2.23. The Hall–Kier alpha value is -1.62. The molecule has 0 aliphatic rings. The van der Waals surface area contributed by atoms with Gasteiger partial charge in [-0.25, -0.2) is 4.79 Å². The van der Waals surface area contributed by atoms with Gasteiger partial charge >= 0.3 is 11.9 Å². The normalized spacial score (nSPS) is 10.3. The summed E-state index contributed by atoms with van der Waals surface area (Å²) in [5.74, 6) is -1.80. The Labute approximate surface area is 94.4 Å². The third-order valence-corrected chi connectivity index (χ3v) is 1.60. The molecule has 0 fully saturated rings. The largest absolute Gasteiger partial charge is 0.478 e. The lowest BCUT2D eigenvalue weighted by Gasteiger charge is -2.04. The molecule has 5 nitrogen and oxygen atoms in total. The summed E-state index contributed by atoms with van der Waals surface area (Å²) in [6, 6.07) is 0. The first-order valence-corrected chi connectivity index (χ1v) is 4.83. The van der Waals surface area contributed by atoms with Gasteiger partial charge < -0.3 is 14.6 Å². The van der Waals surface area contributed by atoms with Crippen LogP contribution >= 0.6 is 0 Å². The first-order chi connectivity index (χ1) is 7.57. The van der Waals surface area contributed by atoms with Gasteiger partial charge in [0.1, 0.15) is 6.61 Å². The van der Waals surface area contributed by atoms with Crippen LogP contribution in [0.15, 0.2) is 24.3 Å². The smallest absolute Gasteiger partial charge is 0.331 e. The molecule has 0 amide bonds. The van der Waals surface area contributed by atoms with E-state index in [-0.39, 0.29) is 25.2 Å². The van der Waals surface area contributed by atoms with Crippen LogP contribution in [0, 0.1) is 0 Å². The Bertz CT molecular complexity index is 280. The molecule has 0 saturated heterocycles. The van der Waals surface area contributed by atoms with Crippen molar-refractivity contribution >= 4 is 11.9 Å². The molecule has 0 unspecified atom stereocenters. The third kappa shape index (κ3) is 7.75. The monoisotopic (exact) mass is 228 g/mol. The standard InChI is InChI=1S/C11H16O5/c1-3-4-5-15-6-7-16-10(12)8-9(2)11(13)14/h3-4H,2,5-8H2,1H3,(H,13,14). The van der Waals surface area contributed by atoms with Crippen LogP contribution in [0.25, 0.3) is 0 Å². The number of carbonyl (C=O) groups excluding carboxylic acids is 1. The molecular formula is C11H16O5. The van der Waals surface area contributed by atoms with E-state index >= 15 is 0 Å². The molecule has 90 valence electrons. The number of esters is 1. The number of rotatable bonds is 8. The molecule has 0 atom stereocenters. The molecule has 0 saturated carbocycles. The lowest BCUT2D eigenvalue weighted by molar-refractivity contribution is -0.146. The van der Waals surface area contributed by atoms with Crippen LogP contribution in [-0.2, 0) is 19.1 Å². The Morgan fingerprint density at radius 2 is 2.06 bits per heavy atom. The van der Waals surface area contributed by atoms with Crippen molar-refractivity contribution in [3.8, 4) is 0 Å². The lowest BCUT2D eigenvalue weighted by Crippen LogP contribution is -2.13.